The zero-order valence-electron chi connectivity index (χ0n) is 13.7. The number of carbonyl (C=O) groups excluding carboxylic acids is 1. The number of methoxy groups -OCH3 is 1. The van der Waals surface area contributed by atoms with Gasteiger partial charge in [0.15, 0.2) is 11.9 Å². The average molecular weight is 347 g/mol. The zero-order chi connectivity index (χ0) is 18.2. The van der Waals surface area contributed by atoms with E-state index in [0.29, 0.717) is 23.9 Å². The van der Waals surface area contributed by atoms with E-state index in [1.54, 1.807) is 13.1 Å². The smallest absolute Gasteiger partial charge is 0.387 e. The Morgan fingerprint density at radius 2 is 2.12 bits per heavy atom. The molecule has 0 aliphatic carbocycles. The number of pyridine rings is 2. The largest absolute Gasteiger partial charge is 0.453 e. The van der Waals surface area contributed by atoms with Crippen molar-refractivity contribution in [2.45, 2.75) is 6.42 Å². The predicted molar refractivity (Wildman–Crippen MR) is 89.9 cm³/mol. The van der Waals surface area contributed by atoms with Gasteiger partial charge in [-0.25, -0.2) is 4.98 Å². The lowest BCUT2D eigenvalue weighted by Gasteiger charge is -2.08. The highest BCUT2D eigenvalue weighted by atomic mass is 16.6. The van der Waals surface area contributed by atoms with Gasteiger partial charge in [0.05, 0.1) is 13.0 Å². The number of aromatic nitrogens is 2. The lowest BCUT2D eigenvalue weighted by atomic mass is 10.3. The van der Waals surface area contributed by atoms with Crippen molar-refractivity contribution in [3.8, 4) is 11.5 Å². The summed E-state index contributed by atoms with van der Waals surface area (Å²) in [6.07, 6.45) is 2.93. The molecular weight excluding hydrogens is 330 g/mol. The Labute approximate surface area is 143 Å². The molecule has 2 N–H and O–H groups in total. The third-order valence-electron chi connectivity index (χ3n) is 3.05. The summed E-state index contributed by atoms with van der Waals surface area (Å²) in [5.41, 5.74) is 0.227. The van der Waals surface area contributed by atoms with Gasteiger partial charge in [0, 0.05) is 32.5 Å². The number of rotatable bonds is 8. The molecule has 2 aromatic rings. The predicted octanol–water partition coefficient (Wildman–Crippen LogP) is 2.19. The Balaban J connectivity index is 2.11. The van der Waals surface area contributed by atoms with Crippen LogP contribution in [0.4, 0.5) is 17.3 Å². The number of nitro groups is 1. The molecule has 0 saturated heterocycles. The van der Waals surface area contributed by atoms with Crippen molar-refractivity contribution < 1.29 is 19.2 Å². The molecule has 1 amide bonds. The number of nitrogens with one attached hydrogen (secondary N) is 2. The summed E-state index contributed by atoms with van der Waals surface area (Å²) in [4.78, 5) is 29.8. The van der Waals surface area contributed by atoms with Gasteiger partial charge in [0.2, 0.25) is 5.91 Å². The summed E-state index contributed by atoms with van der Waals surface area (Å²) in [6.45, 7) is 0.309. The van der Waals surface area contributed by atoms with E-state index in [1.807, 2.05) is 0 Å². The molecule has 0 spiro atoms. The maximum atomic E-state index is 11.7. The maximum Gasteiger partial charge on any atom is 0.387 e. The van der Waals surface area contributed by atoms with E-state index in [-0.39, 0.29) is 23.8 Å². The van der Waals surface area contributed by atoms with Gasteiger partial charge in [-0.15, -0.1) is 0 Å². The zero-order valence-corrected chi connectivity index (χ0v) is 13.7. The second kappa shape index (κ2) is 8.55. The second-order valence-electron chi connectivity index (χ2n) is 4.82. The monoisotopic (exact) mass is 347 g/mol. The topological polar surface area (TPSA) is 129 Å². The third-order valence-corrected chi connectivity index (χ3v) is 3.05. The van der Waals surface area contributed by atoms with Gasteiger partial charge in [-0.2, -0.15) is 0 Å². The highest BCUT2D eigenvalue weighted by molar-refractivity contribution is 5.89. The van der Waals surface area contributed by atoms with Gasteiger partial charge in [0.1, 0.15) is 17.3 Å². The normalized spacial score (nSPS) is 10.2. The molecule has 0 fully saturated rings. The quantitative estimate of drug-likeness (QED) is 0.549. The fraction of sp³-hybridized carbons (Fsp3) is 0.267. The van der Waals surface area contributed by atoms with Gasteiger partial charge in [-0.3, -0.25) is 4.79 Å². The molecule has 2 aromatic heterocycles. The van der Waals surface area contributed by atoms with E-state index in [0.717, 1.165) is 0 Å². The van der Waals surface area contributed by atoms with Gasteiger partial charge < -0.3 is 30.2 Å². The van der Waals surface area contributed by atoms with Crippen LogP contribution in [0.3, 0.4) is 0 Å². The van der Waals surface area contributed by atoms with Crippen LogP contribution in [0.1, 0.15) is 6.42 Å². The van der Waals surface area contributed by atoms with Crippen molar-refractivity contribution in [2.75, 3.05) is 31.4 Å². The lowest BCUT2D eigenvalue weighted by molar-refractivity contribution is -0.388. The minimum atomic E-state index is -0.588. The Kier molecular flexibility index (Phi) is 6.18. The van der Waals surface area contributed by atoms with Gasteiger partial charge in [-0.1, -0.05) is 0 Å². The number of anilines is 2. The molecule has 0 bridgehead atoms. The number of hydrogen-bond acceptors (Lipinski definition) is 8. The summed E-state index contributed by atoms with van der Waals surface area (Å²) in [5, 5.41) is 16.2. The van der Waals surface area contributed by atoms with E-state index in [9.17, 15) is 14.9 Å². The first kappa shape index (κ1) is 18.1. The molecule has 0 atom stereocenters. The van der Waals surface area contributed by atoms with Crippen molar-refractivity contribution in [1.29, 1.82) is 0 Å². The fourth-order valence-corrected chi connectivity index (χ4v) is 1.90. The highest BCUT2D eigenvalue weighted by Gasteiger charge is 2.16. The minimum absolute atomic E-state index is 0.209. The molecule has 10 heteroatoms. The lowest BCUT2D eigenvalue weighted by Crippen LogP contribution is -2.14. The van der Waals surface area contributed by atoms with Crippen LogP contribution in [0.15, 0.2) is 30.6 Å². The fourth-order valence-electron chi connectivity index (χ4n) is 1.90. The van der Waals surface area contributed by atoms with Crippen LogP contribution in [-0.2, 0) is 9.53 Å². The first-order valence-electron chi connectivity index (χ1n) is 7.28. The van der Waals surface area contributed by atoms with E-state index in [1.165, 1.54) is 31.6 Å². The van der Waals surface area contributed by atoms with Crippen molar-refractivity contribution in [3.05, 3.63) is 40.7 Å². The van der Waals surface area contributed by atoms with E-state index in [4.69, 9.17) is 9.47 Å². The van der Waals surface area contributed by atoms with Gasteiger partial charge >= 0.3 is 5.82 Å². The van der Waals surface area contributed by atoms with Crippen LogP contribution in [0.25, 0.3) is 0 Å². The molecule has 0 aliphatic heterocycles. The third kappa shape index (κ3) is 5.11. The molecule has 0 saturated carbocycles. The van der Waals surface area contributed by atoms with E-state index >= 15 is 0 Å². The first-order chi connectivity index (χ1) is 12.0. The first-order valence-corrected chi connectivity index (χ1v) is 7.28. The Morgan fingerprint density at radius 3 is 2.80 bits per heavy atom. The molecular formula is C15H17N5O5. The average Bonchev–Trinajstić information content (AvgIpc) is 2.60. The number of nitrogens with zero attached hydrogens (tertiary/aromatic N) is 3. The van der Waals surface area contributed by atoms with E-state index < -0.39 is 4.92 Å². The van der Waals surface area contributed by atoms with Crippen LogP contribution >= 0.6 is 0 Å². The van der Waals surface area contributed by atoms with Crippen LogP contribution in [0.2, 0.25) is 0 Å². The van der Waals surface area contributed by atoms with Crippen molar-refractivity contribution in [1.82, 2.24) is 9.97 Å². The number of carbonyl (C=O) groups is 1. The van der Waals surface area contributed by atoms with Gasteiger partial charge in [-0.05, 0) is 16.0 Å². The van der Waals surface area contributed by atoms with Crippen molar-refractivity contribution >= 4 is 23.2 Å². The van der Waals surface area contributed by atoms with Crippen molar-refractivity contribution in [2.24, 2.45) is 0 Å². The molecule has 0 unspecified atom stereocenters. The minimum Gasteiger partial charge on any atom is -0.453 e. The summed E-state index contributed by atoms with van der Waals surface area (Å²) in [7, 11) is 3.06. The summed E-state index contributed by atoms with van der Waals surface area (Å²) < 4.78 is 10.5. The number of amides is 1. The molecule has 0 aromatic carbocycles. The Bertz CT molecular complexity index is 768. The Hall–Kier alpha value is -3.27. The van der Waals surface area contributed by atoms with Crippen molar-refractivity contribution in [3.63, 3.8) is 0 Å². The molecule has 132 valence electrons. The van der Waals surface area contributed by atoms with Gasteiger partial charge in [0.25, 0.3) is 0 Å². The standard InChI is InChI=1S/C15H17N5O5/c1-16-12-7-11(9-18-15(12)20(22)23)25-10-3-5-17-13(8-10)19-14(21)4-6-24-2/h3,5,7-9,16H,4,6H2,1-2H3,(H,17,19,21). The highest BCUT2D eigenvalue weighted by Crippen LogP contribution is 2.29. The maximum absolute atomic E-state index is 11.7. The summed E-state index contributed by atoms with van der Waals surface area (Å²) >= 11 is 0. The van der Waals surface area contributed by atoms with Crippen LogP contribution in [-0.4, -0.2) is 41.6 Å². The number of hydrogen-bond donors (Lipinski definition) is 2. The molecule has 0 radical (unpaired) electrons. The molecule has 2 rings (SSSR count). The molecule has 2 heterocycles. The van der Waals surface area contributed by atoms with Crippen LogP contribution in [0.5, 0.6) is 11.5 Å². The van der Waals surface area contributed by atoms with Crippen LogP contribution < -0.4 is 15.4 Å². The number of ether oxygens (including phenoxy) is 2. The molecule has 10 nitrogen and oxygen atoms in total. The van der Waals surface area contributed by atoms with E-state index in [2.05, 4.69) is 20.6 Å². The summed E-state index contributed by atoms with van der Waals surface area (Å²) in [6, 6.07) is 4.58. The second-order valence-corrected chi connectivity index (χ2v) is 4.82. The SMILES string of the molecule is CNc1cc(Oc2ccnc(NC(=O)CCOC)c2)cnc1[N+](=O)[O-]. The van der Waals surface area contributed by atoms with Crippen LogP contribution in [0, 0.1) is 10.1 Å². The summed E-state index contributed by atoms with van der Waals surface area (Å²) in [5.74, 6) is 0.492. The molecule has 0 aliphatic rings. The Morgan fingerprint density at radius 1 is 1.32 bits per heavy atom. The molecule has 25 heavy (non-hydrogen) atoms.